The van der Waals surface area contributed by atoms with Crippen LogP contribution in [0.25, 0.3) is 43.5 Å². The van der Waals surface area contributed by atoms with E-state index in [9.17, 15) is 0 Å². The van der Waals surface area contributed by atoms with Crippen LogP contribution in [0.3, 0.4) is 0 Å². The van der Waals surface area contributed by atoms with E-state index in [1.54, 1.807) is 0 Å². The molecule has 0 atom stereocenters. The Bertz CT molecular complexity index is 2220. The first-order chi connectivity index (χ1) is 22.8. The van der Waals surface area contributed by atoms with Crippen LogP contribution in [0.5, 0.6) is 0 Å². The zero-order valence-corrected chi connectivity index (χ0v) is 26.2. The Morgan fingerprint density at radius 3 is 1.43 bits per heavy atom. The van der Waals surface area contributed by atoms with Gasteiger partial charge in [0.15, 0.2) is 13.8 Å². The summed E-state index contributed by atoms with van der Waals surface area (Å²) in [6, 6.07) is 64.8. The zero-order chi connectivity index (χ0) is 30.9. The first-order valence-electron chi connectivity index (χ1n) is 15.6. The molecule has 0 bridgehead atoms. The molecule has 0 aliphatic rings. The van der Waals surface area contributed by atoms with Gasteiger partial charge in [0.25, 0.3) is 0 Å². The number of fused-ring (bicyclic) bond motifs is 3. The van der Waals surface area contributed by atoms with Crippen molar-refractivity contribution in [2.45, 2.75) is 0 Å². The second-order valence-electron chi connectivity index (χ2n) is 11.6. The molecule has 0 amide bonds. The first kappa shape index (κ1) is 27.6. The fraction of sp³-hybridized carbons (Fsp3) is 0. The van der Waals surface area contributed by atoms with Crippen molar-refractivity contribution in [3.05, 3.63) is 193 Å². The van der Waals surface area contributed by atoms with Gasteiger partial charge in [0, 0.05) is 16.5 Å². The summed E-state index contributed by atoms with van der Waals surface area (Å²) in [5.41, 5.74) is 6.29. The van der Waals surface area contributed by atoms with Gasteiger partial charge in [-0.05, 0) is 62.2 Å². The molecule has 0 saturated carbocycles. The van der Waals surface area contributed by atoms with Gasteiger partial charge in [-0.1, -0.05) is 152 Å². The lowest BCUT2D eigenvalue weighted by molar-refractivity contribution is 1.18. The summed E-state index contributed by atoms with van der Waals surface area (Å²) in [6.45, 7) is 8.49. The summed E-state index contributed by atoms with van der Waals surface area (Å²) in [7, 11) is -2.82. The third-order valence-corrected chi connectivity index (χ3v) is 14.0. The molecule has 46 heavy (non-hydrogen) atoms. The molecule has 0 fully saturated rings. The van der Waals surface area contributed by atoms with E-state index in [-0.39, 0.29) is 0 Å². The maximum absolute atomic E-state index is 8.49. The van der Waals surface area contributed by atoms with Crippen LogP contribution in [0.4, 0.5) is 5.69 Å². The fourth-order valence-electron chi connectivity index (χ4n) is 7.18. The van der Waals surface area contributed by atoms with Crippen molar-refractivity contribution in [1.82, 2.24) is 4.57 Å². The minimum Gasteiger partial charge on any atom is -0.309 e. The van der Waals surface area contributed by atoms with Gasteiger partial charge in [-0.3, -0.25) is 0 Å². The van der Waals surface area contributed by atoms with E-state index in [2.05, 4.69) is 191 Å². The van der Waals surface area contributed by atoms with Crippen molar-refractivity contribution in [1.29, 1.82) is 0 Å². The molecule has 0 unspecified atom stereocenters. The number of rotatable bonds is 6. The van der Waals surface area contributed by atoms with Crippen LogP contribution in [0.1, 0.15) is 0 Å². The van der Waals surface area contributed by atoms with E-state index < -0.39 is 8.07 Å². The van der Waals surface area contributed by atoms with Gasteiger partial charge in [0.1, 0.15) is 0 Å². The van der Waals surface area contributed by atoms with Crippen LogP contribution in [-0.2, 0) is 0 Å². The maximum Gasteiger partial charge on any atom is 0.188 e. The molecule has 216 valence electrons. The van der Waals surface area contributed by atoms with Crippen LogP contribution < -0.4 is 20.7 Å². The molecule has 8 aromatic rings. The van der Waals surface area contributed by atoms with Crippen molar-refractivity contribution in [2.75, 3.05) is 0 Å². The average molecular weight is 603 g/mol. The molecule has 0 aliphatic heterocycles. The Kier molecular flexibility index (Phi) is 6.91. The van der Waals surface area contributed by atoms with E-state index in [0.717, 1.165) is 22.0 Å². The number of hydrogen-bond donors (Lipinski definition) is 0. The summed E-state index contributed by atoms with van der Waals surface area (Å²) in [5.74, 6) is 0. The summed E-state index contributed by atoms with van der Waals surface area (Å²) >= 11 is 0. The number of benzene rings is 7. The van der Waals surface area contributed by atoms with Gasteiger partial charge in [-0.2, -0.15) is 0 Å². The third-order valence-electron chi connectivity index (χ3n) is 9.16. The Balaban J connectivity index is 1.34. The van der Waals surface area contributed by atoms with Crippen LogP contribution in [0, 0.1) is 6.57 Å². The van der Waals surface area contributed by atoms with Gasteiger partial charge >= 0.3 is 0 Å². The van der Waals surface area contributed by atoms with Gasteiger partial charge in [0.2, 0.25) is 0 Å². The number of aromatic nitrogens is 1. The first-order valence-corrected chi connectivity index (χ1v) is 17.6. The Hall–Kier alpha value is -5.95. The lowest BCUT2D eigenvalue weighted by atomic mass is 10.0. The quantitative estimate of drug-likeness (QED) is 0.103. The van der Waals surface area contributed by atoms with E-state index >= 15 is 0 Å². The van der Waals surface area contributed by atoms with Crippen LogP contribution in [-0.4, -0.2) is 12.6 Å². The topological polar surface area (TPSA) is 9.29 Å². The second-order valence-corrected chi connectivity index (χ2v) is 15.4. The molecule has 0 N–H and O–H groups in total. The smallest absolute Gasteiger partial charge is 0.188 e. The van der Waals surface area contributed by atoms with E-state index in [1.807, 2.05) is 0 Å². The molecular weight excluding hydrogens is 573 g/mol. The van der Waals surface area contributed by atoms with Gasteiger partial charge in [-0.15, -0.1) is 0 Å². The minimum atomic E-state index is -2.82. The van der Waals surface area contributed by atoms with Crippen LogP contribution >= 0.6 is 0 Å². The van der Waals surface area contributed by atoms with Gasteiger partial charge < -0.3 is 4.57 Å². The highest BCUT2D eigenvalue weighted by Gasteiger charge is 2.42. The summed E-state index contributed by atoms with van der Waals surface area (Å²) in [5, 5.41) is 7.38. The number of hydrogen-bond acceptors (Lipinski definition) is 0. The molecule has 7 aromatic carbocycles. The second kappa shape index (κ2) is 11.5. The van der Waals surface area contributed by atoms with Crippen LogP contribution in [0.15, 0.2) is 182 Å². The highest BCUT2D eigenvalue weighted by Crippen LogP contribution is 2.34. The lowest BCUT2D eigenvalue weighted by Crippen LogP contribution is -2.74. The van der Waals surface area contributed by atoms with Crippen molar-refractivity contribution in [3.8, 4) is 16.8 Å². The third kappa shape index (κ3) is 4.39. The van der Waals surface area contributed by atoms with E-state index in [4.69, 9.17) is 6.57 Å². The standard InChI is InChI=1S/C43H30N2Si/c1-44-40-31-33(32-16-15-17-34(30-32)45-41-26-13-11-24-38(41)39-25-12-14-27-42(39)45)28-29-43(40)46(35-18-5-2-6-19-35,36-20-7-3-8-21-36)37-22-9-4-10-23-37/h2-31H. The molecular formula is C43H30N2Si. The molecule has 1 heterocycles. The molecule has 0 radical (unpaired) electrons. The normalized spacial score (nSPS) is 11.5. The summed E-state index contributed by atoms with van der Waals surface area (Å²) in [4.78, 5) is 4.23. The monoisotopic (exact) mass is 602 g/mol. The molecule has 0 aliphatic carbocycles. The van der Waals surface area contributed by atoms with Gasteiger partial charge in [-0.25, -0.2) is 4.85 Å². The highest BCUT2D eigenvalue weighted by atomic mass is 28.3. The largest absolute Gasteiger partial charge is 0.309 e. The SMILES string of the molecule is [C-]#[N+]c1cc(-c2cccc(-n3c4ccccc4c4ccccc43)c2)ccc1[Si](c1ccccc1)(c1ccccc1)c1ccccc1. The van der Waals surface area contributed by atoms with Crippen molar-refractivity contribution in [2.24, 2.45) is 0 Å². The summed E-state index contributed by atoms with van der Waals surface area (Å²) < 4.78 is 2.34. The van der Waals surface area contributed by atoms with Crippen molar-refractivity contribution < 1.29 is 0 Å². The number of nitrogens with zero attached hydrogens (tertiary/aromatic N) is 2. The van der Waals surface area contributed by atoms with Crippen LogP contribution in [0.2, 0.25) is 0 Å². The van der Waals surface area contributed by atoms with Crippen molar-refractivity contribution in [3.63, 3.8) is 0 Å². The fourth-order valence-corrected chi connectivity index (χ4v) is 12.0. The molecule has 8 rings (SSSR count). The Morgan fingerprint density at radius 2 is 0.913 bits per heavy atom. The molecule has 2 nitrogen and oxygen atoms in total. The average Bonchev–Trinajstić information content (AvgIpc) is 3.48. The molecule has 3 heteroatoms. The zero-order valence-electron chi connectivity index (χ0n) is 25.2. The maximum atomic E-state index is 8.49. The Morgan fingerprint density at radius 1 is 0.435 bits per heavy atom. The molecule has 1 aromatic heterocycles. The van der Waals surface area contributed by atoms with E-state index in [0.29, 0.717) is 5.69 Å². The van der Waals surface area contributed by atoms with Gasteiger partial charge in [0.05, 0.1) is 17.6 Å². The lowest BCUT2D eigenvalue weighted by Gasteiger charge is -2.35. The summed E-state index contributed by atoms with van der Waals surface area (Å²) in [6.07, 6.45) is 0. The Labute approximate surface area is 270 Å². The predicted molar refractivity (Wildman–Crippen MR) is 196 cm³/mol. The van der Waals surface area contributed by atoms with Crippen molar-refractivity contribution >= 4 is 56.3 Å². The highest BCUT2D eigenvalue weighted by molar-refractivity contribution is 7.20. The predicted octanol–water partition coefficient (Wildman–Crippen LogP) is 8.38. The number of para-hydroxylation sites is 2. The molecule has 0 spiro atoms. The van der Waals surface area contributed by atoms with E-state index in [1.165, 1.54) is 37.4 Å². The minimum absolute atomic E-state index is 0.697. The molecule has 0 saturated heterocycles.